The summed E-state index contributed by atoms with van der Waals surface area (Å²) in [5, 5.41) is 6.96. The van der Waals surface area contributed by atoms with E-state index in [1.165, 1.54) is 31.4 Å². The third-order valence-electron chi connectivity index (χ3n) is 3.59. The van der Waals surface area contributed by atoms with Crippen molar-refractivity contribution in [2.75, 3.05) is 13.6 Å². The molecule has 1 saturated carbocycles. The molecule has 2 nitrogen and oxygen atoms in total. The fourth-order valence-electron chi connectivity index (χ4n) is 2.91. The van der Waals surface area contributed by atoms with Crippen LogP contribution in [0.5, 0.6) is 0 Å². The molecule has 2 unspecified atom stereocenters. The highest BCUT2D eigenvalue weighted by atomic mass is 14.9. The van der Waals surface area contributed by atoms with Crippen molar-refractivity contribution < 1.29 is 0 Å². The number of likely N-dealkylation sites (N-methyl/N-ethyl adjacent to an activating group) is 2. The number of allylic oxidation sites excluding steroid dienone is 2. The Balaban J connectivity index is 2.27. The van der Waals surface area contributed by atoms with Crippen LogP contribution < -0.4 is 10.6 Å². The molecule has 2 N–H and O–H groups in total. The summed E-state index contributed by atoms with van der Waals surface area (Å²) < 4.78 is 0. The van der Waals surface area contributed by atoms with Crippen LogP contribution in [0.2, 0.25) is 0 Å². The first-order valence-electron chi connectivity index (χ1n) is 6.18. The Labute approximate surface area is 92.8 Å². The fourth-order valence-corrected chi connectivity index (χ4v) is 2.91. The van der Waals surface area contributed by atoms with Gasteiger partial charge in [-0.25, -0.2) is 0 Å². The third kappa shape index (κ3) is 2.10. The number of rotatable bonds is 3. The first kappa shape index (κ1) is 10.7. The lowest BCUT2D eigenvalue weighted by Gasteiger charge is -2.36. The van der Waals surface area contributed by atoms with Crippen LogP contribution in [0.15, 0.2) is 23.4 Å². The zero-order valence-corrected chi connectivity index (χ0v) is 9.84. The van der Waals surface area contributed by atoms with Gasteiger partial charge in [0.15, 0.2) is 0 Å². The van der Waals surface area contributed by atoms with Crippen LogP contribution in [0.25, 0.3) is 0 Å². The van der Waals surface area contributed by atoms with Crippen molar-refractivity contribution in [3.05, 3.63) is 23.4 Å². The minimum Gasteiger partial charge on any atom is -0.385 e. The van der Waals surface area contributed by atoms with Crippen LogP contribution in [0.4, 0.5) is 0 Å². The first-order chi connectivity index (χ1) is 7.36. The van der Waals surface area contributed by atoms with E-state index in [2.05, 4.69) is 36.8 Å². The van der Waals surface area contributed by atoms with Crippen LogP contribution in [-0.4, -0.2) is 19.6 Å². The maximum Gasteiger partial charge on any atom is 0.0347 e. The van der Waals surface area contributed by atoms with Gasteiger partial charge in [0.2, 0.25) is 0 Å². The highest BCUT2D eigenvalue weighted by Gasteiger charge is 2.29. The summed E-state index contributed by atoms with van der Waals surface area (Å²) >= 11 is 0. The molecule has 2 aliphatic rings. The number of hydrogen-bond donors (Lipinski definition) is 2. The van der Waals surface area contributed by atoms with Crippen LogP contribution in [0, 0.1) is 5.92 Å². The fraction of sp³-hybridized carbons (Fsp3) is 0.692. The Morgan fingerprint density at radius 2 is 2.27 bits per heavy atom. The van der Waals surface area contributed by atoms with Crippen LogP contribution in [-0.2, 0) is 0 Å². The number of hydrogen-bond acceptors (Lipinski definition) is 2. The van der Waals surface area contributed by atoms with E-state index < -0.39 is 0 Å². The lowest BCUT2D eigenvalue weighted by Crippen LogP contribution is -2.37. The van der Waals surface area contributed by atoms with E-state index in [1.807, 2.05) is 0 Å². The maximum atomic E-state index is 3.50. The summed E-state index contributed by atoms with van der Waals surface area (Å²) in [6.45, 7) is 3.19. The van der Waals surface area contributed by atoms with Gasteiger partial charge in [-0.1, -0.05) is 12.5 Å². The normalized spacial score (nSPS) is 30.3. The van der Waals surface area contributed by atoms with Gasteiger partial charge < -0.3 is 10.6 Å². The highest BCUT2D eigenvalue weighted by Crippen LogP contribution is 2.36. The minimum absolute atomic E-state index is 0.600. The average molecular weight is 206 g/mol. The Hall–Kier alpha value is -0.760. The second kappa shape index (κ2) is 4.84. The molecule has 0 saturated heterocycles. The molecular formula is C13H22N2. The summed E-state index contributed by atoms with van der Waals surface area (Å²) in [6, 6.07) is 0.600. The van der Waals surface area contributed by atoms with Crippen molar-refractivity contribution in [3.8, 4) is 0 Å². The van der Waals surface area contributed by atoms with Gasteiger partial charge >= 0.3 is 0 Å². The van der Waals surface area contributed by atoms with E-state index in [9.17, 15) is 0 Å². The predicted molar refractivity (Wildman–Crippen MR) is 64.6 cm³/mol. The van der Waals surface area contributed by atoms with Gasteiger partial charge in [0.25, 0.3) is 0 Å². The Morgan fingerprint density at radius 1 is 1.40 bits per heavy atom. The molecule has 1 fully saturated rings. The molecule has 0 aliphatic heterocycles. The second-order valence-corrected chi connectivity index (χ2v) is 4.51. The van der Waals surface area contributed by atoms with Gasteiger partial charge in [-0.3, -0.25) is 0 Å². The lowest BCUT2D eigenvalue weighted by molar-refractivity contribution is 0.382. The Bertz CT molecular complexity index is 278. The van der Waals surface area contributed by atoms with E-state index >= 15 is 0 Å². The monoisotopic (exact) mass is 206 g/mol. The number of nitrogens with one attached hydrogen (secondary N) is 2. The van der Waals surface area contributed by atoms with E-state index in [-0.39, 0.29) is 0 Å². The molecule has 15 heavy (non-hydrogen) atoms. The highest BCUT2D eigenvalue weighted by molar-refractivity contribution is 5.34. The second-order valence-electron chi connectivity index (χ2n) is 4.51. The van der Waals surface area contributed by atoms with Gasteiger partial charge in [-0.2, -0.15) is 0 Å². The summed E-state index contributed by atoms with van der Waals surface area (Å²) in [4.78, 5) is 0. The standard InChI is InChI=1S/C13H22N2/c1-3-15-12-9-5-7-10-6-4-8-11(14-2)13(10)12/h5,9-11,14-15H,3-4,6-8H2,1-2H3. The minimum atomic E-state index is 0.600. The summed E-state index contributed by atoms with van der Waals surface area (Å²) in [5.41, 5.74) is 3.01. The lowest BCUT2D eigenvalue weighted by atomic mass is 9.76. The van der Waals surface area contributed by atoms with Crippen LogP contribution in [0.1, 0.15) is 32.6 Å². The van der Waals surface area contributed by atoms with Crippen molar-refractivity contribution in [1.29, 1.82) is 0 Å². The Morgan fingerprint density at radius 3 is 3.00 bits per heavy atom. The SMILES string of the molecule is CCNC1=C2C(CC=C1)CCCC2NC. The Kier molecular flexibility index (Phi) is 3.47. The largest absolute Gasteiger partial charge is 0.385 e. The van der Waals surface area contributed by atoms with Crippen molar-refractivity contribution in [3.63, 3.8) is 0 Å². The van der Waals surface area contributed by atoms with Gasteiger partial charge in [0.1, 0.15) is 0 Å². The summed E-state index contributed by atoms with van der Waals surface area (Å²) in [5.74, 6) is 0.787. The molecule has 2 rings (SSSR count). The van der Waals surface area contributed by atoms with E-state index in [4.69, 9.17) is 0 Å². The quantitative estimate of drug-likeness (QED) is 0.739. The van der Waals surface area contributed by atoms with Crippen molar-refractivity contribution in [2.24, 2.45) is 5.92 Å². The number of fused-ring (bicyclic) bond motifs is 1. The molecule has 2 aliphatic carbocycles. The van der Waals surface area contributed by atoms with Gasteiger partial charge in [-0.15, -0.1) is 0 Å². The molecule has 0 aromatic heterocycles. The molecule has 2 atom stereocenters. The summed E-state index contributed by atoms with van der Waals surface area (Å²) in [7, 11) is 2.09. The zero-order valence-electron chi connectivity index (χ0n) is 9.84. The van der Waals surface area contributed by atoms with Crippen LogP contribution in [0.3, 0.4) is 0 Å². The molecule has 0 spiro atoms. The molecule has 84 valence electrons. The van der Waals surface area contributed by atoms with Gasteiger partial charge in [0, 0.05) is 18.3 Å². The molecule has 0 aromatic rings. The molecule has 0 aromatic carbocycles. The third-order valence-corrected chi connectivity index (χ3v) is 3.59. The molecule has 0 bridgehead atoms. The van der Waals surface area contributed by atoms with E-state index in [1.54, 1.807) is 5.57 Å². The van der Waals surface area contributed by atoms with Crippen molar-refractivity contribution in [1.82, 2.24) is 10.6 Å². The van der Waals surface area contributed by atoms with Crippen molar-refractivity contribution >= 4 is 0 Å². The molecule has 2 heteroatoms. The van der Waals surface area contributed by atoms with Crippen LogP contribution >= 0.6 is 0 Å². The van der Waals surface area contributed by atoms with Gasteiger partial charge in [0.05, 0.1) is 0 Å². The maximum absolute atomic E-state index is 3.50. The predicted octanol–water partition coefficient (Wildman–Crippen LogP) is 2.20. The molecule has 0 amide bonds. The van der Waals surface area contributed by atoms with E-state index in [0.29, 0.717) is 6.04 Å². The molecular weight excluding hydrogens is 184 g/mol. The molecule has 0 heterocycles. The molecule has 0 radical (unpaired) electrons. The van der Waals surface area contributed by atoms with Crippen molar-refractivity contribution in [2.45, 2.75) is 38.6 Å². The van der Waals surface area contributed by atoms with E-state index in [0.717, 1.165) is 12.5 Å². The zero-order chi connectivity index (χ0) is 10.7. The smallest absolute Gasteiger partial charge is 0.0347 e. The topological polar surface area (TPSA) is 24.1 Å². The summed E-state index contributed by atoms with van der Waals surface area (Å²) in [6.07, 6.45) is 9.86. The average Bonchev–Trinajstić information content (AvgIpc) is 2.29. The van der Waals surface area contributed by atoms with Gasteiger partial charge in [-0.05, 0) is 50.8 Å². The first-order valence-corrected chi connectivity index (χ1v) is 6.18.